The molecule has 0 spiro atoms. The second-order valence-corrected chi connectivity index (χ2v) is 5.08. The van der Waals surface area contributed by atoms with Crippen LogP contribution in [0, 0.1) is 0 Å². The first kappa shape index (κ1) is 16.9. The molecule has 0 radical (unpaired) electrons. The number of anilines is 1. The molecule has 2 aromatic rings. The van der Waals surface area contributed by atoms with Crippen LogP contribution in [0.25, 0.3) is 0 Å². The average Bonchev–Trinajstić information content (AvgIpc) is 2.57. The minimum atomic E-state index is -0.208. The smallest absolute Gasteiger partial charge is 0.259 e. The van der Waals surface area contributed by atoms with Crippen molar-refractivity contribution in [3.8, 4) is 11.5 Å². The fourth-order valence-electron chi connectivity index (χ4n) is 2.15. The van der Waals surface area contributed by atoms with Crippen molar-refractivity contribution in [2.45, 2.75) is 26.7 Å². The summed E-state index contributed by atoms with van der Waals surface area (Å²) in [6, 6.07) is 14.7. The van der Waals surface area contributed by atoms with E-state index in [-0.39, 0.29) is 5.91 Å². The quantitative estimate of drug-likeness (QED) is 0.729. The highest BCUT2D eigenvalue weighted by Crippen LogP contribution is 2.26. The number of carbonyl (C=O) groups excluding carboxylic acids is 1. The number of benzene rings is 2. The third-order valence-corrected chi connectivity index (χ3v) is 3.32. The number of carbonyl (C=O) groups is 1. The van der Waals surface area contributed by atoms with Crippen molar-refractivity contribution in [3.05, 3.63) is 54.1 Å². The van der Waals surface area contributed by atoms with Crippen LogP contribution in [0.4, 0.5) is 5.69 Å². The van der Waals surface area contributed by atoms with Gasteiger partial charge in [-0.05, 0) is 37.6 Å². The van der Waals surface area contributed by atoms with E-state index in [0.717, 1.165) is 12.8 Å². The molecule has 0 heterocycles. The zero-order chi connectivity index (χ0) is 16.5. The number of nitrogens with one attached hydrogen (secondary N) is 1. The van der Waals surface area contributed by atoms with Crippen molar-refractivity contribution < 1.29 is 14.3 Å². The predicted octanol–water partition coefficient (Wildman–Crippen LogP) is 4.52. The molecule has 0 unspecified atom stereocenters. The van der Waals surface area contributed by atoms with Gasteiger partial charge in [-0.25, -0.2) is 0 Å². The molecule has 2 rings (SSSR count). The van der Waals surface area contributed by atoms with Crippen molar-refractivity contribution in [1.29, 1.82) is 0 Å². The lowest BCUT2D eigenvalue weighted by Crippen LogP contribution is -2.14. The maximum absolute atomic E-state index is 12.5. The van der Waals surface area contributed by atoms with Gasteiger partial charge in [-0.15, -0.1) is 0 Å². The van der Waals surface area contributed by atoms with E-state index in [4.69, 9.17) is 9.47 Å². The van der Waals surface area contributed by atoms with Crippen LogP contribution in [0.15, 0.2) is 48.5 Å². The fraction of sp³-hybridized carbons (Fsp3) is 0.316. The molecule has 0 saturated heterocycles. The number of ether oxygens (including phenoxy) is 2. The summed E-state index contributed by atoms with van der Waals surface area (Å²) >= 11 is 0. The summed E-state index contributed by atoms with van der Waals surface area (Å²) in [5.41, 5.74) is 1.18. The standard InChI is InChI=1S/C19H23NO3/c1-3-5-14-23-18-13-9-7-11-16(18)20-19(21)15-10-6-8-12-17(15)22-4-2/h6-13H,3-5,14H2,1-2H3,(H,20,21). The van der Waals surface area contributed by atoms with Gasteiger partial charge in [0.15, 0.2) is 0 Å². The summed E-state index contributed by atoms with van der Waals surface area (Å²) in [5, 5.41) is 2.91. The molecule has 1 N–H and O–H groups in total. The number of hydrogen-bond donors (Lipinski definition) is 1. The van der Waals surface area contributed by atoms with E-state index in [1.807, 2.05) is 43.3 Å². The van der Waals surface area contributed by atoms with Crippen LogP contribution < -0.4 is 14.8 Å². The third-order valence-electron chi connectivity index (χ3n) is 3.32. The van der Waals surface area contributed by atoms with Gasteiger partial charge in [0.25, 0.3) is 5.91 Å². The van der Waals surface area contributed by atoms with Gasteiger partial charge in [0.1, 0.15) is 11.5 Å². The van der Waals surface area contributed by atoms with Crippen molar-refractivity contribution in [2.75, 3.05) is 18.5 Å². The molecule has 0 aliphatic rings. The van der Waals surface area contributed by atoms with Crippen molar-refractivity contribution in [2.24, 2.45) is 0 Å². The molecule has 0 fully saturated rings. The third kappa shape index (κ3) is 4.74. The van der Waals surface area contributed by atoms with Gasteiger partial charge in [0, 0.05) is 0 Å². The SMILES string of the molecule is CCCCOc1ccccc1NC(=O)c1ccccc1OCC. The summed E-state index contributed by atoms with van der Waals surface area (Å²) in [7, 11) is 0. The van der Waals surface area contributed by atoms with E-state index in [2.05, 4.69) is 12.2 Å². The van der Waals surface area contributed by atoms with Crippen molar-refractivity contribution in [1.82, 2.24) is 0 Å². The van der Waals surface area contributed by atoms with Gasteiger partial charge < -0.3 is 14.8 Å². The summed E-state index contributed by atoms with van der Waals surface area (Å²) in [4.78, 5) is 12.5. The lowest BCUT2D eigenvalue weighted by Gasteiger charge is -2.14. The highest BCUT2D eigenvalue weighted by molar-refractivity contribution is 6.06. The molecule has 23 heavy (non-hydrogen) atoms. The lowest BCUT2D eigenvalue weighted by molar-refractivity contribution is 0.102. The Labute approximate surface area is 137 Å². The fourth-order valence-corrected chi connectivity index (χ4v) is 2.15. The Morgan fingerprint density at radius 3 is 2.39 bits per heavy atom. The van der Waals surface area contributed by atoms with E-state index in [1.165, 1.54) is 0 Å². The number of para-hydroxylation sites is 3. The Morgan fingerprint density at radius 2 is 1.65 bits per heavy atom. The van der Waals surface area contributed by atoms with Gasteiger partial charge in [0.05, 0.1) is 24.5 Å². The molecule has 122 valence electrons. The number of hydrogen-bond acceptors (Lipinski definition) is 3. The molecule has 0 aromatic heterocycles. The predicted molar refractivity (Wildman–Crippen MR) is 92.4 cm³/mol. The summed E-state index contributed by atoms with van der Waals surface area (Å²) in [6.07, 6.45) is 2.05. The molecule has 0 atom stereocenters. The molecule has 4 nitrogen and oxygen atoms in total. The van der Waals surface area contributed by atoms with E-state index >= 15 is 0 Å². The Bertz CT molecular complexity index is 640. The first-order valence-electron chi connectivity index (χ1n) is 8.01. The molecular formula is C19H23NO3. The zero-order valence-corrected chi connectivity index (χ0v) is 13.7. The average molecular weight is 313 g/mol. The van der Waals surface area contributed by atoms with Crippen LogP contribution in [0.2, 0.25) is 0 Å². The minimum Gasteiger partial charge on any atom is -0.493 e. The number of rotatable bonds is 8. The molecule has 1 amide bonds. The maximum atomic E-state index is 12.5. The highest BCUT2D eigenvalue weighted by Gasteiger charge is 2.14. The monoisotopic (exact) mass is 313 g/mol. The topological polar surface area (TPSA) is 47.6 Å². The van der Waals surface area contributed by atoms with Crippen molar-refractivity contribution in [3.63, 3.8) is 0 Å². The Morgan fingerprint density at radius 1 is 0.957 bits per heavy atom. The van der Waals surface area contributed by atoms with E-state index < -0.39 is 0 Å². The van der Waals surface area contributed by atoms with E-state index in [1.54, 1.807) is 12.1 Å². The first-order chi connectivity index (χ1) is 11.3. The van der Waals surface area contributed by atoms with Gasteiger partial charge >= 0.3 is 0 Å². The van der Waals surface area contributed by atoms with Gasteiger partial charge in [0.2, 0.25) is 0 Å². The second kappa shape index (κ2) is 8.83. The largest absolute Gasteiger partial charge is 0.493 e. The van der Waals surface area contributed by atoms with E-state index in [0.29, 0.717) is 36.0 Å². The van der Waals surface area contributed by atoms with Crippen LogP contribution in [-0.2, 0) is 0 Å². The van der Waals surface area contributed by atoms with Gasteiger partial charge in [-0.3, -0.25) is 4.79 Å². The summed E-state index contributed by atoms with van der Waals surface area (Å²) in [6.45, 7) is 5.16. The van der Waals surface area contributed by atoms with Crippen LogP contribution in [0.5, 0.6) is 11.5 Å². The molecule has 4 heteroatoms. The summed E-state index contributed by atoms with van der Waals surface area (Å²) < 4.78 is 11.3. The van der Waals surface area contributed by atoms with Gasteiger partial charge in [-0.2, -0.15) is 0 Å². The first-order valence-corrected chi connectivity index (χ1v) is 8.01. The maximum Gasteiger partial charge on any atom is 0.259 e. The van der Waals surface area contributed by atoms with Crippen LogP contribution in [0.1, 0.15) is 37.0 Å². The Kier molecular flexibility index (Phi) is 6.48. The van der Waals surface area contributed by atoms with Gasteiger partial charge in [-0.1, -0.05) is 37.6 Å². The van der Waals surface area contributed by atoms with Crippen LogP contribution >= 0.6 is 0 Å². The zero-order valence-electron chi connectivity index (χ0n) is 13.7. The lowest BCUT2D eigenvalue weighted by atomic mass is 10.1. The Hall–Kier alpha value is -2.49. The molecular weight excluding hydrogens is 290 g/mol. The molecule has 0 aliphatic carbocycles. The summed E-state index contributed by atoms with van der Waals surface area (Å²) in [5.74, 6) is 1.06. The molecule has 0 saturated carbocycles. The molecule has 0 aliphatic heterocycles. The Balaban J connectivity index is 2.14. The van der Waals surface area contributed by atoms with Crippen LogP contribution in [0.3, 0.4) is 0 Å². The second-order valence-electron chi connectivity index (χ2n) is 5.08. The molecule has 2 aromatic carbocycles. The minimum absolute atomic E-state index is 0.208. The number of amides is 1. The number of unbranched alkanes of at least 4 members (excludes halogenated alkanes) is 1. The van der Waals surface area contributed by atoms with Crippen molar-refractivity contribution >= 4 is 11.6 Å². The van der Waals surface area contributed by atoms with Crippen LogP contribution in [-0.4, -0.2) is 19.1 Å². The highest BCUT2D eigenvalue weighted by atomic mass is 16.5. The van der Waals surface area contributed by atoms with E-state index in [9.17, 15) is 4.79 Å². The normalized spacial score (nSPS) is 10.2. The molecule has 0 bridgehead atoms.